The molecule has 0 fully saturated rings. The van der Waals surface area contributed by atoms with Gasteiger partial charge < -0.3 is 0 Å². The molecule has 0 atom stereocenters. The van der Waals surface area contributed by atoms with E-state index in [9.17, 15) is 9.59 Å². The Morgan fingerprint density at radius 1 is 1.25 bits per heavy atom. The molecule has 1 aromatic heterocycles. The summed E-state index contributed by atoms with van der Waals surface area (Å²) in [6.07, 6.45) is 2.43. The van der Waals surface area contributed by atoms with Crippen molar-refractivity contribution in [1.82, 2.24) is 4.57 Å². The van der Waals surface area contributed by atoms with Gasteiger partial charge in [-0.15, -0.1) is 11.6 Å². The minimum absolute atomic E-state index is 0.189. The van der Waals surface area contributed by atoms with Gasteiger partial charge in [0.05, 0.1) is 10.6 Å². The number of carbonyl (C=O) groups is 1. The zero-order valence-corrected chi connectivity index (χ0v) is 12.4. The molecule has 0 bridgehead atoms. The number of hydrogen-bond acceptors (Lipinski definition) is 2. The first-order chi connectivity index (χ1) is 9.58. The van der Waals surface area contributed by atoms with Gasteiger partial charge in [-0.3, -0.25) is 14.2 Å². The van der Waals surface area contributed by atoms with E-state index >= 15 is 0 Å². The number of aryl methyl sites for hydroxylation is 1. The molecule has 2 aromatic rings. The monoisotopic (exact) mass is 309 g/mol. The molecular formula is C15H13Cl2NO2. The maximum Gasteiger partial charge on any atom is 0.259 e. The Bertz CT molecular complexity index is 690. The van der Waals surface area contributed by atoms with Crippen LogP contribution in [0.5, 0.6) is 0 Å². The van der Waals surface area contributed by atoms with Crippen molar-refractivity contribution in [3.8, 4) is 5.69 Å². The van der Waals surface area contributed by atoms with Crippen molar-refractivity contribution in [2.24, 2.45) is 0 Å². The largest absolute Gasteiger partial charge is 0.298 e. The Hall–Kier alpha value is -1.58. The van der Waals surface area contributed by atoms with Gasteiger partial charge in [0.2, 0.25) is 0 Å². The fourth-order valence-electron chi connectivity index (χ4n) is 1.96. The third-order valence-corrected chi connectivity index (χ3v) is 3.68. The highest BCUT2D eigenvalue weighted by Gasteiger charge is 2.14. The van der Waals surface area contributed by atoms with E-state index in [4.69, 9.17) is 23.2 Å². The van der Waals surface area contributed by atoms with Crippen molar-refractivity contribution in [1.29, 1.82) is 0 Å². The zero-order chi connectivity index (χ0) is 14.7. The fraction of sp³-hybridized carbons (Fsp3) is 0.200. The number of pyridine rings is 1. The smallest absolute Gasteiger partial charge is 0.259 e. The van der Waals surface area contributed by atoms with Crippen molar-refractivity contribution < 1.29 is 4.79 Å². The third-order valence-electron chi connectivity index (χ3n) is 3.05. The van der Waals surface area contributed by atoms with Crippen LogP contribution >= 0.6 is 23.2 Å². The predicted octanol–water partition coefficient (Wildman–Crippen LogP) is 3.39. The van der Waals surface area contributed by atoms with Crippen LogP contribution in [0.1, 0.15) is 21.5 Å². The van der Waals surface area contributed by atoms with Gasteiger partial charge in [0.1, 0.15) is 0 Å². The van der Waals surface area contributed by atoms with Gasteiger partial charge in [0, 0.05) is 23.3 Å². The average Bonchev–Trinajstić information content (AvgIpc) is 2.45. The zero-order valence-electron chi connectivity index (χ0n) is 10.9. The number of benzene rings is 1. The first-order valence-corrected chi connectivity index (χ1v) is 7.02. The van der Waals surface area contributed by atoms with Crippen LogP contribution in [-0.4, -0.2) is 16.7 Å². The van der Waals surface area contributed by atoms with Gasteiger partial charge in [-0.2, -0.15) is 0 Å². The predicted molar refractivity (Wildman–Crippen MR) is 81.6 cm³/mol. The van der Waals surface area contributed by atoms with Crippen LogP contribution < -0.4 is 5.56 Å². The molecule has 0 radical (unpaired) electrons. The topological polar surface area (TPSA) is 39.1 Å². The Morgan fingerprint density at radius 3 is 2.45 bits per heavy atom. The lowest BCUT2D eigenvalue weighted by molar-refractivity contribution is 0.112. The van der Waals surface area contributed by atoms with E-state index in [2.05, 4.69) is 0 Å². The number of rotatable bonds is 4. The summed E-state index contributed by atoms with van der Waals surface area (Å²) in [4.78, 5) is 23.5. The second-order valence-electron chi connectivity index (χ2n) is 4.44. The summed E-state index contributed by atoms with van der Waals surface area (Å²) in [6, 6.07) is 7.45. The molecule has 0 saturated carbocycles. The van der Waals surface area contributed by atoms with Crippen molar-refractivity contribution in [3.63, 3.8) is 0 Å². The molecule has 1 heterocycles. The van der Waals surface area contributed by atoms with Gasteiger partial charge in [-0.05, 0) is 25.5 Å². The molecule has 5 heteroatoms. The molecule has 1 aromatic carbocycles. The number of aromatic nitrogens is 1. The highest BCUT2D eigenvalue weighted by molar-refractivity contribution is 6.33. The third kappa shape index (κ3) is 2.79. The fourth-order valence-corrected chi connectivity index (χ4v) is 2.42. The van der Waals surface area contributed by atoms with Crippen LogP contribution in [0.4, 0.5) is 0 Å². The lowest BCUT2D eigenvalue weighted by Gasteiger charge is -2.11. The SMILES string of the molecule is Cc1ccc(-n2cc(C=O)c(Cl)c(CCCl)c2=O)cc1. The van der Waals surface area contributed by atoms with Crippen LogP contribution in [0.3, 0.4) is 0 Å². The summed E-state index contributed by atoms with van der Waals surface area (Å²) in [5, 5.41) is 0.189. The summed E-state index contributed by atoms with van der Waals surface area (Å²) in [7, 11) is 0. The molecule has 2 rings (SSSR count). The number of aldehydes is 1. The molecule has 0 aliphatic rings. The lowest BCUT2D eigenvalue weighted by Crippen LogP contribution is -2.24. The lowest BCUT2D eigenvalue weighted by atomic mass is 10.1. The van der Waals surface area contributed by atoms with Crippen LogP contribution in [0, 0.1) is 6.92 Å². The molecule has 0 amide bonds. The van der Waals surface area contributed by atoms with Crippen LogP contribution in [-0.2, 0) is 6.42 Å². The van der Waals surface area contributed by atoms with Gasteiger partial charge in [-0.1, -0.05) is 29.3 Å². The average molecular weight is 310 g/mol. The van der Waals surface area contributed by atoms with E-state index in [1.807, 2.05) is 31.2 Å². The molecule has 0 N–H and O–H groups in total. The highest BCUT2D eigenvalue weighted by Crippen LogP contribution is 2.19. The first kappa shape index (κ1) is 14.8. The molecular weight excluding hydrogens is 297 g/mol. The summed E-state index contributed by atoms with van der Waals surface area (Å²) >= 11 is 11.8. The van der Waals surface area contributed by atoms with Crippen molar-refractivity contribution in [2.75, 3.05) is 5.88 Å². The second kappa shape index (κ2) is 6.25. The first-order valence-electron chi connectivity index (χ1n) is 6.10. The summed E-state index contributed by atoms with van der Waals surface area (Å²) in [5.41, 5.74) is 2.19. The van der Waals surface area contributed by atoms with E-state index in [-0.39, 0.29) is 22.0 Å². The number of halogens is 2. The van der Waals surface area contributed by atoms with Crippen LogP contribution in [0.15, 0.2) is 35.3 Å². The molecule has 104 valence electrons. The van der Waals surface area contributed by atoms with E-state index in [1.54, 1.807) is 0 Å². The minimum Gasteiger partial charge on any atom is -0.298 e. The molecule has 0 aliphatic heterocycles. The molecule has 3 nitrogen and oxygen atoms in total. The van der Waals surface area contributed by atoms with E-state index in [0.717, 1.165) is 5.56 Å². The quantitative estimate of drug-likeness (QED) is 0.641. The standard InChI is InChI=1S/C15H13Cl2NO2/c1-10-2-4-12(5-3-10)18-8-11(9-19)14(17)13(6-7-16)15(18)20/h2-5,8-9H,6-7H2,1H3. The number of hydrogen-bond donors (Lipinski definition) is 0. The summed E-state index contributed by atoms with van der Waals surface area (Å²) in [5.74, 6) is 0.269. The van der Waals surface area contributed by atoms with Gasteiger partial charge >= 0.3 is 0 Å². The number of alkyl halides is 1. The van der Waals surface area contributed by atoms with Crippen molar-refractivity contribution in [2.45, 2.75) is 13.3 Å². The van der Waals surface area contributed by atoms with Gasteiger partial charge in [-0.25, -0.2) is 0 Å². The minimum atomic E-state index is -0.245. The maximum absolute atomic E-state index is 12.4. The van der Waals surface area contributed by atoms with Crippen molar-refractivity contribution >= 4 is 29.5 Å². The summed E-state index contributed by atoms with van der Waals surface area (Å²) in [6.45, 7) is 1.96. The van der Waals surface area contributed by atoms with Crippen molar-refractivity contribution in [3.05, 3.63) is 62.5 Å². The maximum atomic E-state index is 12.4. The second-order valence-corrected chi connectivity index (χ2v) is 5.20. The molecule has 0 unspecified atom stereocenters. The number of carbonyl (C=O) groups excluding carboxylic acids is 1. The highest BCUT2D eigenvalue weighted by atomic mass is 35.5. The van der Waals surface area contributed by atoms with Gasteiger partial charge in [0.25, 0.3) is 5.56 Å². The molecule has 0 aliphatic carbocycles. The van der Waals surface area contributed by atoms with E-state index < -0.39 is 0 Å². The Morgan fingerprint density at radius 2 is 1.90 bits per heavy atom. The molecule has 0 spiro atoms. The van der Waals surface area contributed by atoms with Crippen LogP contribution in [0.2, 0.25) is 5.02 Å². The van der Waals surface area contributed by atoms with E-state index in [1.165, 1.54) is 10.8 Å². The molecule has 0 saturated heterocycles. The van der Waals surface area contributed by atoms with E-state index in [0.29, 0.717) is 24.0 Å². The van der Waals surface area contributed by atoms with Crippen LogP contribution in [0.25, 0.3) is 5.69 Å². The normalized spacial score (nSPS) is 10.6. The Labute approximate surface area is 126 Å². The summed E-state index contributed by atoms with van der Waals surface area (Å²) < 4.78 is 1.43. The Balaban J connectivity index is 2.70. The molecule has 20 heavy (non-hydrogen) atoms. The Kier molecular flexibility index (Phi) is 4.63. The number of nitrogens with zero attached hydrogens (tertiary/aromatic N) is 1. The van der Waals surface area contributed by atoms with Gasteiger partial charge in [0.15, 0.2) is 6.29 Å².